The fourth-order valence-corrected chi connectivity index (χ4v) is 3.49. The molecular formula is C20H17ClFN7O. The number of halogens is 2. The predicted molar refractivity (Wildman–Crippen MR) is 109 cm³/mol. The Morgan fingerprint density at radius 3 is 2.83 bits per heavy atom. The molecule has 0 radical (unpaired) electrons. The molecule has 1 aliphatic carbocycles. The molecule has 0 saturated heterocycles. The normalized spacial score (nSPS) is 18.4. The third-order valence-electron chi connectivity index (χ3n) is 4.95. The topological polar surface area (TPSA) is 101 Å². The van der Waals surface area contributed by atoms with Crippen LogP contribution in [0.15, 0.2) is 54.9 Å². The van der Waals surface area contributed by atoms with Gasteiger partial charge in [0.15, 0.2) is 11.7 Å². The molecule has 1 atom stereocenters. The summed E-state index contributed by atoms with van der Waals surface area (Å²) < 4.78 is 16.1. The van der Waals surface area contributed by atoms with E-state index >= 15 is 0 Å². The summed E-state index contributed by atoms with van der Waals surface area (Å²) in [6, 6.07) is 7.24. The number of rotatable bonds is 5. The molecule has 30 heavy (non-hydrogen) atoms. The molecule has 10 heteroatoms. The van der Waals surface area contributed by atoms with Crippen molar-refractivity contribution >= 4 is 23.2 Å². The molecule has 0 bridgehead atoms. The lowest BCUT2D eigenvalue weighted by atomic mass is 10.1. The Labute approximate surface area is 175 Å². The minimum Gasteiger partial charge on any atom is -0.366 e. The number of H-pyrrole nitrogens is 1. The number of benzene rings is 1. The molecule has 0 spiro atoms. The van der Waals surface area contributed by atoms with E-state index in [1.165, 1.54) is 17.2 Å². The fraction of sp³-hybridized carbons (Fsp3) is 0.200. The lowest BCUT2D eigenvalue weighted by Gasteiger charge is -2.21. The molecule has 1 amide bonds. The quantitative estimate of drug-likeness (QED) is 0.583. The van der Waals surface area contributed by atoms with Crippen molar-refractivity contribution in [3.63, 3.8) is 0 Å². The zero-order valence-electron chi connectivity index (χ0n) is 15.6. The summed E-state index contributed by atoms with van der Waals surface area (Å²) in [4.78, 5) is 16.3. The van der Waals surface area contributed by atoms with Gasteiger partial charge >= 0.3 is 0 Å². The van der Waals surface area contributed by atoms with Crippen LogP contribution in [0.4, 0.5) is 4.39 Å². The molecule has 152 valence electrons. The Morgan fingerprint density at radius 2 is 2.10 bits per heavy atom. The highest BCUT2D eigenvalue weighted by atomic mass is 35.5. The minimum atomic E-state index is -0.535. The van der Waals surface area contributed by atoms with Gasteiger partial charge in [-0.3, -0.25) is 9.89 Å². The number of hydrogen-bond acceptors (Lipinski definition) is 5. The van der Waals surface area contributed by atoms with Gasteiger partial charge in [-0.25, -0.2) is 14.1 Å². The number of dihydropyridines is 1. The van der Waals surface area contributed by atoms with Crippen molar-refractivity contribution in [1.29, 1.82) is 0 Å². The van der Waals surface area contributed by atoms with E-state index in [0.29, 0.717) is 27.7 Å². The largest absolute Gasteiger partial charge is 0.366 e. The van der Waals surface area contributed by atoms with E-state index in [-0.39, 0.29) is 17.5 Å². The molecule has 1 aliphatic heterocycles. The van der Waals surface area contributed by atoms with Gasteiger partial charge in [0.2, 0.25) is 5.91 Å². The van der Waals surface area contributed by atoms with Crippen LogP contribution in [0.2, 0.25) is 5.02 Å². The monoisotopic (exact) mass is 425 g/mol. The van der Waals surface area contributed by atoms with Crippen LogP contribution >= 0.6 is 11.6 Å². The SMILES string of the molecule is O=C(NC1C=C(n2cc(-c3nc[nH]n3)c(-c3ccccc3Cl)n2)C(F)=CN1)C1CC1. The Kier molecular flexibility index (Phi) is 4.59. The molecule has 2 aliphatic rings. The zero-order valence-corrected chi connectivity index (χ0v) is 16.4. The van der Waals surface area contributed by atoms with Gasteiger partial charge in [0, 0.05) is 23.9 Å². The molecule has 1 fully saturated rings. The van der Waals surface area contributed by atoms with E-state index in [4.69, 9.17) is 11.6 Å². The van der Waals surface area contributed by atoms with Gasteiger partial charge in [-0.1, -0.05) is 29.8 Å². The molecule has 8 nitrogen and oxygen atoms in total. The number of nitrogens with one attached hydrogen (secondary N) is 3. The smallest absolute Gasteiger partial charge is 0.224 e. The number of aromatic nitrogens is 5. The number of hydrogen-bond donors (Lipinski definition) is 3. The number of nitrogens with zero attached hydrogens (tertiary/aromatic N) is 4. The number of amides is 1. The average Bonchev–Trinajstić information content (AvgIpc) is 3.28. The molecule has 1 aromatic carbocycles. The molecule has 3 aromatic rings. The third kappa shape index (κ3) is 3.48. The molecule has 5 rings (SSSR count). The van der Waals surface area contributed by atoms with Crippen LogP contribution in [0.3, 0.4) is 0 Å². The lowest BCUT2D eigenvalue weighted by molar-refractivity contribution is -0.122. The van der Waals surface area contributed by atoms with Crippen LogP contribution in [-0.4, -0.2) is 37.0 Å². The van der Waals surface area contributed by atoms with E-state index in [2.05, 4.69) is 30.9 Å². The number of allylic oxidation sites excluding steroid dienone is 2. The highest BCUT2D eigenvalue weighted by molar-refractivity contribution is 6.33. The minimum absolute atomic E-state index is 0.0440. The predicted octanol–water partition coefficient (Wildman–Crippen LogP) is 3.10. The van der Waals surface area contributed by atoms with E-state index < -0.39 is 12.0 Å². The summed E-state index contributed by atoms with van der Waals surface area (Å²) in [6.45, 7) is 0. The van der Waals surface area contributed by atoms with Crippen molar-refractivity contribution in [2.75, 3.05) is 0 Å². The van der Waals surface area contributed by atoms with Crippen molar-refractivity contribution in [1.82, 2.24) is 35.6 Å². The second-order valence-electron chi connectivity index (χ2n) is 7.11. The van der Waals surface area contributed by atoms with Gasteiger partial charge < -0.3 is 10.6 Å². The number of carbonyl (C=O) groups excluding carboxylic acids is 1. The summed E-state index contributed by atoms with van der Waals surface area (Å²) in [5.41, 5.74) is 1.99. The lowest BCUT2D eigenvalue weighted by Crippen LogP contribution is -2.44. The van der Waals surface area contributed by atoms with E-state index in [1.54, 1.807) is 18.3 Å². The van der Waals surface area contributed by atoms with Crippen LogP contribution in [0.1, 0.15) is 12.8 Å². The summed E-state index contributed by atoms with van der Waals surface area (Å²) in [5.74, 6) is -0.0962. The van der Waals surface area contributed by atoms with Gasteiger partial charge in [-0.15, -0.1) is 0 Å². The first-order chi connectivity index (χ1) is 14.6. The van der Waals surface area contributed by atoms with Crippen molar-refractivity contribution < 1.29 is 9.18 Å². The molecule has 1 unspecified atom stereocenters. The summed E-state index contributed by atoms with van der Waals surface area (Å²) in [5, 5.41) is 17.6. The molecule has 3 heterocycles. The van der Waals surface area contributed by atoms with Gasteiger partial charge in [0.1, 0.15) is 23.9 Å². The molecular weight excluding hydrogens is 409 g/mol. The highest BCUT2D eigenvalue weighted by Gasteiger charge is 2.31. The van der Waals surface area contributed by atoms with Crippen LogP contribution in [0, 0.1) is 5.92 Å². The van der Waals surface area contributed by atoms with Crippen molar-refractivity contribution in [3.8, 4) is 22.6 Å². The van der Waals surface area contributed by atoms with E-state index in [0.717, 1.165) is 12.8 Å². The van der Waals surface area contributed by atoms with Crippen molar-refractivity contribution in [2.45, 2.75) is 19.0 Å². The van der Waals surface area contributed by atoms with Crippen LogP contribution in [-0.2, 0) is 4.79 Å². The summed E-state index contributed by atoms with van der Waals surface area (Å²) in [6.07, 6.45) is 7.15. The average molecular weight is 426 g/mol. The van der Waals surface area contributed by atoms with E-state index in [1.807, 2.05) is 18.2 Å². The van der Waals surface area contributed by atoms with Crippen molar-refractivity contribution in [2.24, 2.45) is 5.92 Å². The van der Waals surface area contributed by atoms with Gasteiger partial charge in [0.25, 0.3) is 0 Å². The Morgan fingerprint density at radius 1 is 1.27 bits per heavy atom. The fourth-order valence-electron chi connectivity index (χ4n) is 3.26. The molecule has 1 saturated carbocycles. The molecule has 2 aromatic heterocycles. The maximum absolute atomic E-state index is 14.7. The van der Waals surface area contributed by atoms with Gasteiger partial charge in [-0.2, -0.15) is 10.2 Å². The summed E-state index contributed by atoms with van der Waals surface area (Å²) in [7, 11) is 0. The Balaban J connectivity index is 1.56. The number of carbonyl (C=O) groups is 1. The first kappa shape index (κ1) is 18.6. The first-order valence-electron chi connectivity index (χ1n) is 9.45. The van der Waals surface area contributed by atoms with Crippen LogP contribution in [0.25, 0.3) is 28.3 Å². The first-order valence-corrected chi connectivity index (χ1v) is 9.83. The standard InChI is InChI=1S/C20H17ClFN7O/c21-14-4-2-1-3-12(14)18-13(19-24-10-25-27-19)9-29(28-18)16-7-17(23-8-15(16)22)26-20(30)11-5-6-11/h1-4,7-11,17,23H,5-6H2,(H,26,30)(H,24,25,27). The van der Waals surface area contributed by atoms with E-state index in [9.17, 15) is 9.18 Å². The maximum atomic E-state index is 14.7. The van der Waals surface area contributed by atoms with Gasteiger partial charge in [-0.05, 0) is 25.0 Å². The Hall–Kier alpha value is -3.46. The second kappa shape index (κ2) is 7.42. The highest BCUT2D eigenvalue weighted by Crippen LogP contribution is 2.35. The zero-order chi connectivity index (χ0) is 20.7. The second-order valence-corrected chi connectivity index (χ2v) is 7.52. The van der Waals surface area contributed by atoms with Gasteiger partial charge in [0.05, 0.1) is 10.6 Å². The van der Waals surface area contributed by atoms with Crippen LogP contribution < -0.4 is 10.6 Å². The maximum Gasteiger partial charge on any atom is 0.224 e. The Bertz CT molecular complexity index is 1160. The molecule has 3 N–H and O–H groups in total. The van der Waals surface area contributed by atoms with Crippen molar-refractivity contribution in [3.05, 3.63) is 59.9 Å². The number of aromatic amines is 1. The van der Waals surface area contributed by atoms with Crippen LogP contribution in [0.5, 0.6) is 0 Å². The third-order valence-corrected chi connectivity index (χ3v) is 5.28. The summed E-state index contributed by atoms with van der Waals surface area (Å²) >= 11 is 6.38.